The molecule has 1 atom stereocenters. The Morgan fingerprint density at radius 3 is 2.64 bits per heavy atom. The van der Waals surface area contributed by atoms with Gasteiger partial charge in [0.25, 0.3) is 5.91 Å². The van der Waals surface area contributed by atoms with Crippen molar-refractivity contribution in [3.63, 3.8) is 0 Å². The number of aldehydes is 1. The normalized spacial score (nSPS) is 11.4. The molecule has 0 fully saturated rings. The molecule has 5 nitrogen and oxygen atoms in total. The minimum atomic E-state index is -0.215. The molecule has 0 aliphatic heterocycles. The molecular formula is C20H23NO4. The van der Waals surface area contributed by atoms with Crippen molar-refractivity contribution in [2.75, 3.05) is 13.7 Å². The number of benzene rings is 2. The van der Waals surface area contributed by atoms with Crippen LogP contribution in [-0.4, -0.2) is 32.0 Å². The smallest absolute Gasteiger partial charge is 0.258 e. The van der Waals surface area contributed by atoms with E-state index in [9.17, 15) is 9.59 Å². The van der Waals surface area contributed by atoms with E-state index in [2.05, 4.69) is 17.4 Å². The Morgan fingerprint density at radius 1 is 1.20 bits per heavy atom. The first-order valence-corrected chi connectivity index (χ1v) is 8.21. The van der Waals surface area contributed by atoms with Crippen LogP contribution in [0.2, 0.25) is 0 Å². The summed E-state index contributed by atoms with van der Waals surface area (Å²) in [6.45, 7) is 1.83. The van der Waals surface area contributed by atoms with Crippen molar-refractivity contribution >= 4 is 12.2 Å². The maximum Gasteiger partial charge on any atom is 0.258 e. The number of ether oxygens (including phenoxy) is 2. The van der Waals surface area contributed by atoms with Gasteiger partial charge >= 0.3 is 0 Å². The first kappa shape index (κ1) is 18.5. The molecule has 1 amide bonds. The molecule has 25 heavy (non-hydrogen) atoms. The summed E-state index contributed by atoms with van der Waals surface area (Å²) >= 11 is 0. The van der Waals surface area contributed by atoms with Crippen molar-refractivity contribution < 1.29 is 19.1 Å². The minimum Gasteiger partial charge on any atom is -0.497 e. The first-order valence-electron chi connectivity index (χ1n) is 8.21. The number of methoxy groups -OCH3 is 1. The second kappa shape index (κ2) is 9.47. The van der Waals surface area contributed by atoms with Crippen molar-refractivity contribution in [2.45, 2.75) is 25.8 Å². The van der Waals surface area contributed by atoms with Crippen LogP contribution < -0.4 is 14.8 Å². The second-order valence-electron chi connectivity index (χ2n) is 5.80. The van der Waals surface area contributed by atoms with Gasteiger partial charge in [0.2, 0.25) is 0 Å². The van der Waals surface area contributed by atoms with Crippen LogP contribution in [0.3, 0.4) is 0 Å². The van der Waals surface area contributed by atoms with Gasteiger partial charge in [-0.25, -0.2) is 0 Å². The quantitative estimate of drug-likeness (QED) is 0.712. The number of rotatable bonds is 9. The molecule has 0 bridgehead atoms. The molecule has 2 aromatic rings. The first-order chi connectivity index (χ1) is 12.1. The summed E-state index contributed by atoms with van der Waals surface area (Å²) in [5.74, 6) is 0.713. The molecule has 0 aromatic heterocycles. The number of carbonyl (C=O) groups is 2. The highest BCUT2D eigenvalue weighted by Gasteiger charge is 2.11. The van der Waals surface area contributed by atoms with Gasteiger partial charge in [0.05, 0.1) is 12.7 Å². The number of hydrogen-bond donors (Lipinski definition) is 1. The van der Waals surface area contributed by atoms with Crippen LogP contribution in [0.1, 0.15) is 29.3 Å². The number of hydrogen-bond acceptors (Lipinski definition) is 4. The lowest BCUT2D eigenvalue weighted by atomic mass is 10.1. The molecule has 0 aliphatic carbocycles. The van der Waals surface area contributed by atoms with Gasteiger partial charge in [0.1, 0.15) is 11.5 Å². The number of carbonyl (C=O) groups excluding carboxylic acids is 2. The zero-order valence-corrected chi connectivity index (χ0v) is 14.5. The predicted octanol–water partition coefficient (Wildman–Crippen LogP) is 3.02. The van der Waals surface area contributed by atoms with Crippen molar-refractivity contribution in [3.05, 3.63) is 59.7 Å². The van der Waals surface area contributed by atoms with E-state index in [1.54, 1.807) is 18.2 Å². The van der Waals surface area contributed by atoms with E-state index in [4.69, 9.17) is 9.47 Å². The molecule has 2 aromatic carbocycles. The fourth-order valence-electron chi connectivity index (χ4n) is 2.44. The zero-order valence-electron chi connectivity index (χ0n) is 14.5. The van der Waals surface area contributed by atoms with Crippen molar-refractivity contribution in [1.29, 1.82) is 0 Å². The molecule has 132 valence electrons. The Labute approximate surface area is 148 Å². The van der Waals surface area contributed by atoms with E-state index < -0.39 is 0 Å². The zero-order chi connectivity index (χ0) is 18.1. The molecule has 0 radical (unpaired) electrons. The van der Waals surface area contributed by atoms with Gasteiger partial charge < -0.3 is 14.8 Å². The number of amides is 1. The lowest BCUT2D eigenvalue weighted by molar-refractivity contribution is -0.123. The van der Waals surface area contributed by atoms with Gasteiger partial charge in [-0.15, -0.1) is 0 Å². The summed E-state index contributed by atoms with van der Waals surface area (Å²) < 4.78 is 10.5. The van der Waals surface area contributed by atoms with Crippen molar-refractivity contribution in [2.24, 2.45) is 0 Å². The fourth-order valence-corrected chi connectivity index (χ4v) is 2.44. The van der Waals surface area contributed by atoms with Crippen LogP contribution in [-0.2, 0) is 11.2 Å². The minimum absolute atomic E-state index is 0.0396. The molecule has 0 saturated carbocycles. The lowest BCUT2D eigenvalue weighted by Gasteiger charge is -2.15. The topological polar surface area (TPSA) is 64.6 Å². The van der Waals surface area contributed by atoms with Gasteiger partial charge in [0, 0.05) is 6.04 Å². The van der Waals surface area contributed by atoms with Crippen LogP contribution in [0, 0.1) is 0 Å². The molecule has 0 spiro atoms. The van der Waals surface area contributed by atoms with Gasteiger partial charge in [-0.3, -0.25) is 9.59 Å². The highest BCUT2D eigenvalue weighted by molar-refractivity contribution is 5.81. The Bertz CT molecular complexity index is 700. The molecule has 0 aliphatic rings. The summed E-state index contributed by atoms with van der Waals surface area (Å²) in [6, 6.07) is 15.1. The van der Waals surface area contributed by atoms with Crippen LogP contribution in [0.4, 0.5) is 0 Å². The largest absolute Gasteiger partial charge is 0.497 e. The average molecular weight is 341 g/mol. The lowest BCUT2D eigenvalue weighted by Crippen LogP contribution is -2.36. The predicted molar refractivity (Wildman–Crippen MR) is 96.2 cm³/mol. The summed E-state index contributed by atoms with van der Waals surface area (Å²) in [5, 5.41) is 2.90. The Balaban J connectivity index is 1.79. The SMILES string of the molecule is COc1ccc(OCC(=O)N[C@H](C)CCc2ccccc2)c(C=O)c1. The third-order valence-corrected chi connectivity index (χ3v) is 3.82. The number of nitrogens with one attached hydrogen (secondary N) is 1. The monoisotopic (exact) mass is 341 g/mol. The maximum atomic E-state index is 12.0. The highest BCUT2D eigenvalue weighted by Crippen LogP contribution is 2.22. The number of aryl methyl sites for hydroxylation is 1. The van der Waals surface area contributed by atoms with Crippen LogP contribution in [0.5, 0.6) is 11.5 Å². The van der Waals surface area contributed by atoms with Gasteiger partial charge in [-0.2, -0.15) is 0 Å². The van der Waals surface area contributed by atoms with Crippen LogP contribution in [0.25, 0.3) is 0 Å². The Hall–Kier alpha value is -2.82. The summed E-state index contributed by atoms with van der Waals surface area (Å²) in [6.07, 6.45) is 2.42. The van der Waals surface area contributed by atoms with Crippen molar-refractivity contribution in [1.82, 2.24) is 5.32 Å². The molecular weight excluding hydrogens is 318 g/mol. The summed E-state index contributed by atoms with van der Waals surface area (Å²) in [5.41, 5.74) is 1.60. The highest BCUT2D eigenvalue weighted by atomic mass is 16.5. The van der Waals surface area contributed by atoms with Crippen molar-refractivity contribution in [3.8, 4) is 11.5 Å². The molecule has 5 heteroatoms. The molecule has 0 saturated heterocycles. The molecule has 1 N–H and O–H groups in total. The van der Waals surface area contributed by atoms with E-state index in [0.717, 1.165) is 12.8 Å². The molecule has 2 rings (SSSR count). The van der Waals surface area contributed by atoms with Crippen LogP contribution in [0.15, 0.2) is 48.5 Å². The fraction of sp³-hybridized carbons (Fsp3) is 0.300. The average Bonchev–Trinajstić information content (AvgIpc) is 2.65. The van der Waals surface area contributed by atoms with Gasteiger partial charge in [-0.05, 0) is 43.5 Å². The van der Waals surface area contributed by atoms with E-state index in [0.29, 0.717) is 23.3 Å². The van der Waals surface area contributed by atoms with E-state index >= 15 is 0 Å². The van der Waals surface area contributed by atoms with Crippen LogP contribution >= 0.6 is 0 Å². The standard InChI is InChI=1S/C20H23NO4/c1-15(8-9-16-6-4-3-5-7-16)21-20(23)14-25-19-11-10-18(24-2)12-17(19)13-22/h3-7,10-13,15H,8-9,14H2,1-2H3,(H,21,23)/t15-/m1/s1. The third kappa shape index (κ3) is 5.95. The Morgan fingerprint density at radius 2 is 1.96 bits per heavy atom. The van der Waals surface area contributed by atoms with E-state index in [1.807, 2.05) is 25.1 Å². The van der Waals surface area contributed by atoms with E-state index in [-0.39, 0.29) is 18.6 Å². The molecule has 0 heterocycles. The molecule has 0 unspecified atom stereocenters. The maximum absolute atomic E-state index is 12.0. The summed E-state index contributed by atoms with van der Waals surface area (Å²) in [7, 11) is 1.52. The third-order valence-electron chi connectivity index (χ3n) is 3.82. The van der Waals surface area contributed by atoms with Gasteiger partial charge in [0.15, 0.2) is 12.9 Å². The second-order valence-corrected chi connectivity index (χ2v) is 5.80. The van der Waals surface area contributed by atoms with Gasteiger partial charge in [-0.1, -0.05) is 30.3 Å². The summed E-state index contributed by atoms with van der Waals surface area (Å²) in [4.78, 5) is 23.1. The van der Waals surface area contributed by atoms with E-state index in [1.165, 1.54) is 12.7 Å². The Kier molecular flexibility index (Phi) is 7.01.